The number of nitrogens with zero attached hydrogens (tertiary/aromatic N) is 4. The second-order valence-electron chi connectivity index (χ2n) is 6.91. The molecule has 1 fully saturated rings. The topological polar surface area (TPSA) is 105 Å². The van der Waals surface area contributed by atoms with Crippen LogP contribution in [0.4, 0.5) is 0 Å². The number of guanidine groups is 1. The van der Waals surface area contributed by atoms with Crippen molar-refractivity contribution in [1.29, 1.82) is 0 Å². The van der Waals surface area contributed by atoms with Gasteiger partial charge in [-0.3, -0.25) is 4.79 Å². The van der Waals surface area contributed by atoms with E-state index < -0.39 is 0 Å². The predicted molar refractivity (Wildman–Crippen MR) is 102 cm³/mol. The smallest absolute Gasteiger partial charge is 0.248 e. The molecule has 1 aliphatic rings. The van der Waals surface area contributed by atoms with Crippen molar-refractivity contribution >= 4 is 11.9 Å². The van der Waals surface area contributed by atoms with Gasteiger partial charge in [0.25, 0.3) is 0 Å². The number of carbonyl (C=O) groups excluding carboxylic acids is 1. The lowest BCUT2D eigenvalue weighted by Gasteiger charge is -2.20. The second-order valence-corrected chi connectivity index (χ2v) is 6.91. The van der Waals surface area contributed by atoms with Gasteiger partial charge in [-0.1, -0.05) is 19.0 Å². The largest absolute Gasteiger partial charge is 0.371 e. The molecular formula is C18H32N6O3. The molecule has 27 heavy (non-hydrogen) atoms. The number of amides is 1. The van der Waals surface area contributed by atoms with Crippen LogP contribution in [0.25, 0.3) is 0 Å². The summed E-state index contributed by atoms with van der Waals surface area (Å²) in [5.74, 6) is 1.87. The Morgan fingerprint density at radius 1 is 1.41 bits per heavy atom. The van der Waals surface area contributed by atoms with E-state index in [-0.39, 0.29) is 30.5 Å². The second kappa shape index (κ2) is 10.2. The fourth-order valence-corrected chi connectivity index (χ4v) is 2.93. The van der Waals surface area contributed by atoms with E-state index in [2.05, 4.69) is 25.8 Å². The third-order valence-corrected chi connectivity index (χ3v) is 4.32. The highest BCUT2D eigenvalue weighted by atomic mass is 16.5. The summed E-state index contributed by atoms with van der Waals surface area (Å²) in [5.41, 5.74) is 0. The first kappa shape index (κ1) is 21.1. The van der Waals surface area contributed by atoms with Crippen LogP contribution in [0, 0.1) is 5.92 Å². The third-order valence-electron chi connectivity index (χ3n) is 4.32. The standard InChI is InChI=1S/C18H32N6O3/c1-6-19-18(21-14-8-9-24(11-14)17(25)12(3)4)20-10-15-22-16(23-27-15)13(5)26-7-2/h12-14H,6-11H2,1-5H3,(H2,19,20,21). The monoisotopic (exact) mass is 380 g/mol. The summed E-state index contributed by atoms with van der Waals surface area (Å²) in [7, 11) is 0. The van der Waals surface area contributed by atoms with Crippen LogP contribution in [0.2, 0.25) is 0 Å². The van der Waals surface area contributed by atoms with Gasteiger partial charge in [0.05, 0.1) is 0 Å². The molecule has 9 nitrogen and oxygen atoms in total. The Morgan fingerprint density at radius 2 is 2.19 bits per heavy atom. The van der Waals surface area contributed by atoms with E-state index in [1.54, 1.807) is 0 Å². The molecule has 0 bridgehead atoms. The van der Waals surface area contributed by atoms with Gasteiger partial charge in [-0.2, -0.15) is 4.98 Å². The molecule has 0 aliphatic carbocycles. The Hall–Kier alpha value is -2.16. The molecule has 1 aromatic rings. The quantitative estimate of drug-likeness (QED) is 0.520. The third kappa shape index (κ3) is 6.20. The highest BCUT2D eigenvalue weighted by molar-refractivity contribution is 5.81. The maximum Gasteiger partial charge on any atom is 0.248 e. The van der Waals surface area contributed by atoms with Crippen LogP contribution in [0.1, 0.15) is 58.9 Å². The van der Waals surface area contributed by atoms with Crippen molar-refractivity contribution in [2.45, 2.75) is 59.7 Å². The van der Waals surface area contributed by atoms with Gasteiger partial charge < -0.3 is 24.8 Å². The van der Waals surface area contributed by atoms with E-state index in [1.165, 1.54) is 0 Å². The van der Waals surface area contributed by atoms with Gasteiger partial charge in [0.2, 0.25) is 11.8 Å². The molecule has 1 saturated heterocycles. The van der Waals surface area contributed by atoms with Crippen LogP contribution in [-0.2, 0) is 16.1 Å². The fourth-order valence-electron chi connectivity index (χ4n) is 2.93. The van der Waals surface area contributed by atoms with E-state index in [4.69, 9.17) is 9.26 Å². The normalized spacial score (nSPS) is 18.8. The maximum atomic E-state index is 12.1. The molecule has 152 valence electrons. The first-order valence-electron chi connectivity index (χ1n) is 9.72. The molecule has 2 N–H and O–H groups in total. The summed E-state index contributed by atoms with van der Waals surface area (Å²) in [6.45, 7) is 12.8. The van der Waals surface area contributed by atoms with Crippen molar-refractivity contribution in [3.8, 4) is 0 Å². The zero-order valence-electron chi connectivity index (χ0n) is 17.0. The Balaban J connectivity index is 1.92. The van der Waals surface area contributed by atoms with E-state index in [1.807, 2.05) is 39.5 Å². The molecule has 2 unspecified atom stereocenters. The zero-order chi connectivity index (χ0) is 19.8. The van der Waals surface area contributed by atoms with Crippen LogP contribution in [-0.4, -0.2) is 59.2 Å². The molecule has 0 aromatic carbocycles. The molecule has 1 aromatic heterocycles. The predicted octanol–water partition coefficient (Wildman–Crippen LogP) is 1.48. The number of carbonyl (C=O) groups is 1. The molecule has 9 heteroatoms. The average Bonchev–Trinajstić information content (AvgIpc) is 3.29. The fraction of sp³-hybridized carbons (Fsp3) is 0.778. The lowest BCUT2D eigenvalue weighted by atomic mass is 10.2. The van der Waals surface area contributed by atoms with Crippen molar-refractivity contribution in [3.05, 3.63) is 11.7 Å². The minimum absolute atomic E-state index is 0.0245. The van der Waals surface area contributed by atoms with Crippen LogP contribution in [0.15, 0.2) is 9.52 Å². The molecule has 0 spiro atoms. The number of rotatable bonds is 8. The van der Waals surface area contributed by atoms with Crippen LogP contribution in [0.3, 0.4) is 0 Å². The molecular weight excluding hydrogens is 348 g/mol. The minimum Gasteiger partial charge on any atom is -0.371 e. The highest BCUT2D eigenvalue weighted by Gasteiger charge is 2.28. The summed E-state index contributed by atoms with van der Waals surface area (Å²) in [6.07, 6.45) is 0.699. The summed E-state index contributed by atoms with van der Waals surface area (Å²) in [6, 6.07) is 0.182. The Kier molecular flexibility index (Phi) is 8.02. The van der Waals surface area contributed by atoms with Crippen molar-refractivity contribution in [2.24, 2.45) is 10.9 Å². The first-order valence-corrected chi connectivity index (χ1v) is 9.72. The Bertz CT molecular complexity index is 630. The molecule has 0 saturated carbocycles. The van der Waals surface area contributed by atoms with Crippen molar-refractivity contribution in [1.82, 2.24) is 25.7 Å². The number of likely N-dealkylation sites (tertiary alicyclic amines) is 1. The summed E-state index contributed by atoms with van der Waals surface area (Å²) < 4.78 is 10.7. The Morgan fingerprint density at radius 3 is 2.85 bits per heavy atom. The number of ether oxygens (including phenoxy) is 1. The molecule has 1 aliphatic heterocycles. The number of hydrogen-bond acceptors (Lipinski definition) is 6. The van der Waals surface area contributed by atoms with Gasteiger partial charge in [0.15, 0.2) is 11.8 Å². The first-order chi connectivity index (χ1) is 12.9. The molecule has 0 radical (unpaired) electrons. The van der Waals surface area contributed by atoms with E-state index in [9.17, 15) is 4.79 Å². The highest BCUT2D eigenvalue weighted by Crippen LogP contribution is 2.14. The van der Waals surface area contributed by atoms with E-state index >= 15 is 0 Å². The van der Waals surface area contributed by atoms with Gasteiger partial charge in [-0.05, 0) is 27.2 Å². The number of aromatic nitrogens is 2. The van der Waals surface area contributed by atoms with Crippen LogP contribution >= 0.6 is 0 Å². The van der Waals surface area contributed by atoms with E-state index in [0.717, 1.165) is 19.5 Å². The van der Waals surface area contributed by atoms with Crippen molar-refractivity contribution < 1.29 is 14.1 Å². The molecule has 2 rings (SSSR count). The lowest BCUT2D eigenvalue weighted by Crippen LogP contribution is -2.45. The molecule has 2 heterocycles. The van der Waals surface area contributed by atoms with Gasteiger partial charge in [0, 0.05) is 38.2 Å². The van der Waals surface area contributed by atoms with Gasteiger partial charge in [-0.15, -0.1) is 0 Å². The Labute approximate surface area is 160 Å². The van der Waals surface area contributed by atoms with Gasteiger partial charge in [0.1, 0.15) is 12.6 Å². The maximum absolute atomic E-state index is 12.1. The van der Waals surface area contributed by atoms with Crippen LogP contribution in [0.5, 0.6) is 0 Å². The van der Waals surface area contributed by atoms with E-state index in [0.29, 0.717) is 30.8 Å². The van der Waals surface area contributed by atoms with Crippen molar-refractivity contribution in [3.63, 3.8) is 0 Å². The summed E-state index contributed by atoms with van der Waals surface area (Å²) >= 11 is 0. The van der Waals surface area contributed by atoms with Crippen LogP contribution < -0.4 is 10.6 Å². The summed E-state index contributed by atoms with van der Waals surface area (Å²) in [4.78, 5) is 22.9. The zero-order valence-corrected chi connectivity index (χ0v) is 17.0. The summed E-state index contributed by atoms with van der Waals surface area (Å²) in [5, 5.41) is 10.6. The lowest BCUT2D eigenvalue weighted by molar-refractivity contribution is -0.133. The van der Waals surface area contributed by atoms with Gasteiger partial charge in [-0.25, -0.2) is 4.99 Å². The molecule has 2 atom stereocenters. The average molecular weight is 380 g/mol. The number of aliphatic imine (C=N–C) groups is 1. The molecule has 1 amide bonds. The van der Waals surface area contributed by atoms with Crippen molar-refractivity contribution in [2.75, 3.05) is 26.2 Å². The number of hydrogen-bond donors (Lipinski definition) is 2. The SMILES string of the molecule is CCNC(=NCc1nc(C(C)OCC)no1)NC1CCN(C(=O)C(C)C)C1. The number of nitrogens with one attached hydrogen (secondary N) is 2. The minimum atomic E-state index is -0.203. The van der Waals surface area contributed by atoms with Gasteiger partial charge >= 0.3 is 0 Å².